The third-order valence-electron chi connectivity index (χ3n) is 3.18. The van der Waals surface area contributed by atoms with E-state index in [1.54, 1.807) is 11.0 Å². The van der Waals surface area contributed by atoms with Crippen molar-refractivity contribution in [2.24, 2.45) is 0 Å². The van der Waals surface area contributed by atoms with E-state index in [1.165, 1.54) is 6.07 Å². The van der Waals surface area contributed by atoms with Gasteiger partial charge in [0.05, 0.1) is 10.5 Å². The summed E-state index contributed by atoms with van der Waals surface area (Å²) in [7, 11) is 0. The molecule has 1 fully saturated rings. The summed E-state index contributed by atoms with van der Waals surface area (Å²) >= 11 is 3.23. The van der Waals surface area contributed by atoms with Crippen LogP contribution in [0.2, 0.25) is 0 Å². The fourth-order valence-corrected chi connectivity index (χ4v) is 2.53. The van der Waals surface area contributed by atoms with Crippen molar-refractivity contribution in [2.45, 2.75) is 25.9 Å². The van der Waals surface area contributed by atoms with E-state index in [0.717, 1.165) is 18.5 Å². The van der Waals surface area contributed by atoms with Crippen LogP contribution in [0.5, 0.6) is 0 Å². The van der Waals surface area contributed by atoms with Crippen LogP contribution in [0.15, 0.2) is 22.7 Å². The lowest BCUT2D eigenvalue weighted by Crippen LogP contribution is -2.54. The Kier molecular flexibility index (Phi) is 4.35. The highest BCUT2D eigenvalue weighted by Gasteiger charge is 2.27. The average Bonchev–Trinajstić information content (AvgIpc) is 2.37. The maximum atomic E-state index is 13.4. The number of carbonyl (C=O) groups is 1. The fraction of sp³-hybridized carbons (Fsp3) is 0.462. The first-order valence-electron chi connectivity index (χ1n) is 6.08. The molecule has 0 aliphatic carbocycles. The second kappa shape index (κ2) is 5.80. The van der Waals surface area contributed by atoms with E-state index in [9.17, 15) is 9.18 Å². The van der Waals surface area contributed by atoms with Gasteiger partial charge in [-0.1, -0.05) is 19.1 Å². The minimum Gasteiger partial charge on any atom is -0.336 e. The van der Waals surface area contributed by atoms with Crippen LogP contribution in [-0.4, -0.2) is 29.9 Å². The first kappa shape index (κ1) is 13.5. The monoisotopic (exact) mass is 314 g/mol. The van der Waals surface area contributed by atoms with Crippen LogP contribution in [0.1, 0.15) is 18.9 Å². The first-order valence-corrected chi connectivity index (χ1v) is 6.87. The highest BCUT2D eigenvalue weighted by Crippen LogP contribution is 2.22. The van der Waals surface area contributed by atoms with Gasteiger partial charge in [0.1, 0.15) is 5.82 Å². The Balaban J connectivity index is 2.13. The Hall–Kier alpha value is -0.940. The van der Waals surface area contributed by atoms with Crippen LogP contribution < -0.4 is 5.32 Å². The highest BCUT2D eigenvalue weighted by atomic mass is 79.9. The van der Waals surface area contributed by atoms with E-state index < -0.39 is 0 Å². The van der Waals surface area contributed by atoms with Gasteiger partial charge in [-0.2, -0.15) is 0 Å². The molecule has 1 atom stereocenters. The lowest BCUT2D eigenvalue weighted by molar-refractivity contribution is -0.136. The summed E-state index contributed by atoms with van der Waals surface area (Å²) < 4.78 is 13.9. The van der Waals surface area contributed by atoms with Crippen molar-refractivity contribution in [3.8, 4) is 0 Å². The van der Waals surface area contributed by atoms with E-state index in [-0.39, 0.29) is 17.8 Å². The quantitative estimate of drug-likeness (QED) is 0.928. The maximum absolute atomic E-state index is 13.4. The molecule has 1 aliphatic heterocycles. The van der Waals surface area contributed by atoms with Gasteiger partial charge in [-0.05, 0) is 34.0 Å². The molecule has 1 aliphatic rings. The van der Waals surface area contributed by atoms with Gasteiger partial charge in [0, 0.05) is 19.6 Å². The van der Waals surface area contributed by atoms with Gasteiger partial charge >= 0.3 is 0 Å². The minimum absolute atomic E-state index is 0.0971. The van der Waals surface area contributed by atoms with Gasteiger partial charge in [0.25, 0.3) is 0 Å². The van der Waals surface area contributed by atoms with Gasteiger partial charge in [-0.3, -0.25) is 4.79 Å². The van der Waals surface area contributed by atoms with Crippen molar-refractivity contribution in [2.75, 3.05) is 13.1 Å². The molecular formula is C13H16BrFN2O. The standard InChI is InChI=1S/C13H16BrFN2O/c1-2-11-13(18)17(7-6-16-11)8-9-4-3-5-10(15)12(9)14/h3-5,11,16H,2,6-8H2,1H3. The van der Waals surface area contributed by atoms with Crippen LogP contribution >= 0.6 is 15.9 Å². The molecule has 1 saturated heterocycles. The zero-order chi connectivity index (χ0) is 13.1. The fourth-order valence-electron chi connectivity index (χ4n) is 2.14. The molecule has 18 heavy (non-hydrogen) atoms. The molecule has 0 aromatic heterocycles. The SMILES string of the molecule is CCC1NCCN(Cc2cccc(F)c2Br)C1=O. The number of hydrogen-bond donors (Lipinski definition) is 1. The summed E-state index contributed by atoms with van der Waals surface area (Å²) in [4.78, 5) is 13.9. The van der Waals surface area contributed by atoms with E-state index >= 15 is 0 Å². The topological polar surface area (TPSA) is 32.3 Å². The minimum atomic E-state index is -0.290. The van der Waals surface area contributed by atoms with Crippen molar-refractivity contribution in [3.63, 3.8) is 0 Å². The molecule has 1 heterocycles. The van der Waals surface area contributed by atoms with Gasteiger partial charge in [0.2, 0.25) is 5.91 Å². The predicted molar refractivity (Wildman–Crippen MR) is 71.6 cm³/mol. The summed E-state index contributed by atoms with van der Waals surface area (Å²) in [5.41, 5.74) is 0.806. The van der Waals surface area contributed by atoms with Crippen LogP contribution in [0.4, 0.5) is 4.39 Å². The lowest BCUT2D eigenvalue weighted by Gasteiger charge is -2.33. The molecule has 3 nitrogen and oxygen atoms in total. The molecule has 1 aromatic carbocycles. The smallest absolute Gasteiger partial charge is 0.240 e. The number of nitrogens with zero attached hydrogens (tertiary/aromatic N) is 1. The average molecular weight is 315 g/mol. The molecule has 0 bridgehead atoms. The Morgan fingerprint density at radius 2 is 2.33 bits per heavy atom. The van der Waals surface area contributed by atoms with Crippen molar-refractivity contribution in [1.82, 2.24) is 10.2 Å². The molecule has 1 amide bonds. The van der Waals surface area contributed by atoms with Crippen molar-refractivity contribution >= 4 is 21.8 Å². The number of rotatable bonds is 3. The van der Waals surface area contributed by atoms with Gasteiger partial charge in [-0.15, -0.1) is 0 Å². The molecule has 1 aromatic rings. The summed E-state index contributed by atoms with van der Waals surface area (Å²) in [6.45, 7) is 3.89. The molecule has 1 unspecified atom stereocenters. The van der Waals surface area contributed by atoms with E-state index in [4.69, 9.17) is 0 Å². The molecule has 1 N–H and O–H groups in total. The zero-order valence-electron chi connectivity index (χ0n) is 10.2. The number of benzene rings is 1. The second-order valence-electron chi connectivity index (χ2n) is 4.39. The van der Waals surface area contributed by atoms with E-state index in [0.29, 0.717) is 17.6 Å². The Morgan fingerprint density at radius 1 is 1.56 bits per heavy atom. The van der Waals surface area contributed by atoms with Crippen LogP contribution in [0.25, 0.3) is 0 Å². The largest absolute Gasteiger partial charge is 0.336 e. The van der Waals surface area contributed by atoms with E-state index in [1.807, 2.05) is 13.0 Å². The Morgan fingerprint density at radius 3 is 3.06 bits per heavy atom. The molecule has 0 radical (unpaired) electrons. The van der Waals surface area contributed by atoms with Gasteiger partial charge in [-0.25, -0.2) is 4.39 Å². The first-order chi connectivity index (χ1) is 8.63. The number of nitrogens with one attached hydrogen (secondary N) is 1. The summed E-state index contributed by atoms with van der Waals surface area (Å²) in [5, 5.41) is 3.18. The predicted octanol–water partition coefficient (Wildman–Crippen LogP) is 2.30. The second-order valence-corrected chi connectivity index (χ2v) is 5.18. The Labute approximate surface area is 114 Å². The van der Waals surface area contributed by atoms with Crippen LogP contribution in [0.3, 0.4) is 0 Å². The van der Waals surface area contributed by atoms with Crippen LogP contribution in [-0.2, 0) is 11.3 Å². The van der Waals surface area contributed by atoms with Crippen molar-refractivity contribution in [1.29, 1.82) is 0 Å². The molecule has 0 saturated carbocycles. The van der Waals surface area contributed by atoms with Gasteiger partial charge < -0.3 is 10.2 Å². The summed E-state index contributed by atoms with van der Waals surface area (Å²) in [6.07, 6.45) is 0.777. The molecular weight excluding hydrogens is 299 g/mol. The third kappa shape index (κ3) is 2.72. The van der Waals surface area contributed by atoms with Crippen molar-refractivity contribution in [3.05, 3.63) is 34.1 Å². The number of piperazine rings is 1. The normalized spacial score (nSPS) is 20.3. The number of amides is 1. The van der Waals surface area contributed by atoms with E-state index in [2.05, 4.69) is 21.2 Å². The molecule has 2 rings (SSSR count). The number of carbonyl (C=O) groups excluding carboxylic acids is 1. The zero-order valence-corrected chi connectivity index (χ0v) is 11.8. The number of hydrogen-bond acceptors (Lipinski definition) is 2. The van der Waals surface area contributed by atoms with Crippen LogP contribution in [0, 0.1) is 5.82 Å². The number of halogens is 2. The molecule has 5 heteroatoms. The third-order valence-corrected chi connectivity index (χ3v) is 4.07. The van der Waals surface area contributed by atoms with Crippen molar-refractivity contribution < 1.29 is 9.18 Å². The molecule has 98 valence electrons. The summed E-state index contributed by atoms with van der Waals surface area (Å²) in [5.74, 6) is -0.193. The highest BCUT2D eigenvalue weighted by molar-refractivity contribution is 9.10. The molecule has 0 spiro atoms. The van der Waals surface area contributed by atoms with Gasteiger partial charge in [0.15, 0.2) is 0 Å². The lowest BCUT2D eigenvalue weighted by atomic mass is 10.1. The Bertz CT molecular complexity index is 453. The summed E-state index contributed by atoms with van der Waals surface area (Å²) in [6, 6.07) is 4.80. The maximum Gasteiger partial charge on any atom is 0.240 e.